The molecule has 1 aromatic rings. The second-order valence-electron chi connectivity index (χ2n) is 4.56. The van der Waals surface area contributed by atoms with E-state index >= 15 is 0 Å². The lowest BCUT2D eigenvalue weighted by molar-refractivity contribution is 0.260. The van der Waals surface area contributed by atoms with Gasteiger partial charge in [0, 0.05) is 25.8 Å². The van der Waals surface area contributed by atoms with E-state index in [0.29, 0.717) is 6.54 Å². The fourth-order valence-corrected chi connectivity index (χ4v) is 3.09. The van der Waals surface area contributed by atoms with Gasteiger partial charge >= 0.3 is 0 Å². The Labute approximate surface area is 126 Å². The Kier molecular flexibility index (Phi) is 7.52. The van der Waals surface area contributed by atoms with Crippen molar-refractivity contribution in [2.45, 2.75) is 24.9 Å². The summed E-state index contributed by atoms with van der Waals surface area (Å²) in [5.74, 6) is 0. The molecule has 118 valence electrons. The maximum absolute atomic E-state index is 12.4. The number of pyridine rings is 1. The van der Waals surface area contributed by atoms with E-state index in [1.165, 1.54) is 12.1 Å². The van der Waals surface area contributed by atoms with Gasteiger partial charge in [0.05, 0.1) is 6.61 Å². The van der Waals surface area contributed by atoms with Gasteiger partial charge in [0.15, 0.2) is 5.03 Å². The number of nitrogens with zero attached hydrogens (tertiary/aromatic N) is 2. The molecule has 0 aliphatic heterocycles. The van der Waals surface area contributed by atoms with Crippen LogP contribution in [0.15, 0.2) is 36.0 Å². The van der Waals surface area contributed by atoms with Gasteiger partial charge in [-0.15, -0.1) is 6.58 Å². The third-order valence-electron chi connectivity index (χ3n) is 2.84. The average Bonchev–Trinajstić information content (AvgIpc) is 2.48. The number of aliphatic hydroxyl groups is 1. The number of hydrogen-bond acceptors (Lipinski definition) is 5. The molecular weight excluding hydrogens is 290 g/mol. The highest BCUT2D eigenvalue weighted by Crippen LogP contribution is 2.13. The number of nitrogens with one attached hydrogen (secondary N) is 1. The van der Waals surface area contributed by atoms with Crippen LogP contribution in [0.3, 0.4) is 0 Å². The van der Waals surface area contributed by atoms with Gasteiger partial charge in [0.1, 0.15) is 0 Å². The van der Waals surface area contributed by atoms with Crippen molar-refractivity contribution in [3.8, 4) is 0 Å². The minimum atomic E-state index is -3.70. The Morgan fingerprint density at radius 2 is 2.24 bits per heavy atom. The highest BCUT2D eigenvalue weighted by molar-refractivity contribution is 7.89. The molecule has 0 saturated carbocycles. The number of aromatic nitrogens is 1. The molecule has 0 spiro atoms. The maximum atomic E-state index is 12.4. The fourth-order valence-electron chi connectivity index (χ4n) is 1.77. The SMILES string of the molecule is C=CCN(CCO)S(=O)(=O)c1ccc(CNCCC)cn1. The normalized spacial score (nSPS) is 11.8. The van der Waals surface area contributed by atoms with Gasteiger partial charge in [-0.1, -0.05) is 19.1 Å². The molecule has 0 atom stereocenters. The first-order chi connectivity index (χ1) is 10.1. The highest BCUT2D eigenvalue weighted by atomic mass is 32.2. The zero-order chi connectivity index (χ0) is 15.7. The van der Waals surface area contributed by atoms with Gasteiger partial charge in [-0.2, -0.15) is 4.31 Å². The molecule has 0 amide bonds. The van der Waals surface area contributed by atoms with E-state index in [9.17, 15) is 8.42 Å². The second-order valence-corrected chi connectivity index (χ2v) is 6.44. The molecule has 1 rings (SSSR count). The molecule has 0 unspecified atom stereocenters. The van der Waals surface area contributed by atoms with Crippen LogP contribution in [0, 0.1) is 0 Å². The van der Waals surface area contributed by atoms with Gasteiger partial charge in [-0.05, 0) is 24.6 Å². The third-order valence-corrected chi connectivity index (χ3v) is 4.62. The zero-order valence-electron chi connectivity index (χ0n) is 12.3. The molecule has 6 nitrogen and oxygen atoms in total. The summed E-state index contributed by atoms with van der Waals surface area (Å²) in [6, 6.07) is 3.24. The van der Waals surface area contributed by atoms with E-state index in [1.54, 1.807) is 12.3 Å². The molecular formula is C14H23N3O3S. The van der Waals surface area contributed by atoms with Gasteiger partial charge in [0.25, 0.3) is 10.0 Å². The molecule has 0 aliphatic rings. The van der Waals surface area contributed by atoms with Gasteiger partial charge in [-0.3, -0.25) is 0 Å². The fraction of sp³-hybridized carbons (Fsp3) is 0.500. The minimum Gasteiger partial charge on any atom is -0.395 e. The molecule has 0 radical (unpaired) electrons. The molecule has 0 saturated heterocycles. The van der Waals surface area contributed by atoms with Crippen molar-refractivity contribution in [2.75, 3.05) is 26.2 Å². The summed E-state index contributed by atoms with van der Waals surface area (Å²) in [7, 11) is -3.70. The standard InChI is InChI=1S/C14H23N3O3S/c1-3-7-15-11-13-5-6-14(16-12-13)21(19,20)17(8-4-2)9-10-18/h4-6,12,15,18H,2-3,7-11H2,1H3. The summed E-state index contributed by atoms with van der Waals surface area (Å²) in [5.41, 5.74) is 0.930. The Hall–Kier alpha value is -1.28. The molecule has 2 N–H and O–H groups in total. The quantitative estimate of drug-likeness (QED) is 0.492. The van der Waals surface area contributed by atoms with Gasteiger partial charge < -0.3 is 10.4 Å². The first-order valence-electron chi connectivity index (χ1n) is 6.93. The largest absolute Gasteiger partial charge is 0.395 e. The van der Waals surface area contributed by atoms with E-state index < -0.39 is 10.0 Å². The van der Waals surface area contributed by atoms with Crippen LogP contribution in [0.4, 0.5) is 0 Å². The van der Waals surface area contributed by atoms with E-state index in [0.717, 1.165) is 22.8 Å². The minimum absolute atomic E-state index is 0.0166. The lowest BCUT2D eigenvalue weighted by Crippen LogP contribution is -2.34. The summed E-state index contributed by atoms with van der Waals surface area (Å²) < 4.78 is 25.9. The second kappa shape index (κ2) is 8.89. The first kappa shape index (κ1) is 17.8. The highest BCUT2D eigenvalue weighted by Gasteiger charge is 2.24. The number of sulfonamides is 1. The van der Waals surface area contributed by atoms with E-state index in [1.807, 2.05) is 0 Å². The first-order valence-corrected chi connectivity index (χ1v) is 8.37. The number of hydrogen-bond donors (Lipinski definition) is 2. The van der Waals surface area contributed by atoms with Crippen LogP contribution in [-0.2, 0) is 16.6 Å². The molecule has 7 heteroatoms. The lowest BCUT2D eigenvalue weighted by atomic mass is 10.3. The van der Waals surface area contributed by atoms with Crippen LogP contribution < -0.4 is 5.32 Å². The van der Waals surface area contributed by atoms with Crippen LogP contribution in [0.5, 0.6) is 0 Å². The molecule has 0 fully saturated rings. The summed E-state index contributed by atoms with van der Waals surface area (Å²) in [6.07, 6.45) is 4.08. The lowest BCUT2D eigenvalue weighted by Gasteiger charge is -2.19. The molecule has 1 aromatic heterocycles. The van der Waals surface area contributed by atoms with E-state index in [-0.39, 0.29) is 24.7 Å². The maximum Gasteiger partial charge on any atom is 0.260 e. The molecule has 0 aliphatic carbocycles. The van der Waals surface area contributed by atoms with Gasteiger partial charge in [-0.25, -0.2) is 13.4 Å². The summed E-state index contributed by atoms with van der Waals surface area (Å²) in [6.45, 7) is 7.10. The molecule has 0 bridgehead atoms. The van der Waals surface area contributed by atoms with Crippen LogP contribution in [-0.4, -0.2) is 49.1 Å². The van der Waals surface area contributed by atoms with Crippen LogP contribution in [0.25, 0.3) is 0 Å². The monoisotopic (exact) mass is 313 g/mol. The van der Waals surface area contributed by atoms with E-state index in [4.69, 9.17) is 5.11 Å². The number of aliphatic hydroxyl groups excluding tert-OH is 1. The van der Waals surface area contributed by atoms with Crippen molar-refractivity contribution in [1.82, 2.24) is 14.6 Å². The van der Waals surface area contributed by atoms with E-state index in [2.05, 4.69) is 23.8 Å². The Morgan fingerprint density at radius 3 is 2.76 bits per heavy atom. The van der Waals surface area contributed by atoms with Crippen molar-refractivity contribution >= 4 is 10.0 Å². The topological polar surface area (TPSA) is 82.5 Å². The van der Waals surface area contributed by atoms with Gasteiger partial charge in [0.2, 0.25) is 0 Å². The Balaban J connectivity index is 2.85. The average molecular weight is 313 g/mol. The summed E-state index contributed by atoms with van der Waals surface area (Å²) in [5, 5.41) is 12.2. The molecule has 21 heavy (non-hydrogen) atoms. The third kappa shape index (κ3) is 5.20. The number of rotatable bonds is 10. The smallest absolute Gasteiger partial charge is 0.260 e. The van der Waals surface area contributed by atoms with Crippen molar-refractivity contribution in [3.63, 3.8) is 0 Å². The van der Waals surface area contributed by atoms with Crippen LogP contribution >= 0.6 is 0 Å². The predicted octanol–water partition coefficient (Wildman–Crippen LogP) is 0.750. The Morgan fingerprint density at radius 1 is 1.48 bits per heavy atom. The Bertz CT molecular complexity index is 529. The summed E-state index contributed by atoms with van der Waals surface area (Å²) in [4.78, 5) is 4.03. The van der Waals surface area contributed by atoms with Crippen molar-refractivity contribution in [2.24, 2.45) is 0 Å². The molecule has 1 heterocycles. The van der Waals surface area contributed by atoms with Crippen molar-refractivity contribution in [3.05, 3.63) is 36.5 Å². The molecule has 0 aromatic carbocycles. The van der Waals surface area contributed by atoms with Crippen molar-refractivity contribution < 1.29 is 13.5 Å². The predicted molar refractivity (Wildman–Crippen MR) is 82.3 cm³/mol. The van der Waals surface area contributed by atoms with Crippen LogP contribution in [0.1, 0.15) is 18.9 Å². The van der Waals surface area contributed by atoms with Crippen molar-refractivity contribution in [1.29, 1.82) is 0 Å². The summed E-state index contributed by atoms with van der Waals surface area (Å²) >= 11 is 0. The zero-order valence-corrected chi connectivity index (χ0v) is 13.1. The van der Waals surface area contributed by atoms with Crippen LogP contribution in [0.2, 0.25) is 0 Å².